The Balaban J connectivity index is 2.55. The predicted molar refractivity (Wildman–Crippen MR) is 49.6 cm³/mol. The summed E-state index contributed by atoms with van der Waals surface area (Å²) < 4.78 is 16.8. The summed E-state index contributed by atoms with van der Waals surface area (Å²) in [7, 11) is -1.66. The van der Waals surface area contributed by atoms with Crippen LogP contribution in [-0.4, -0.2) is 25.0 Å². The fourth-order valence-electron chi connectivity index (χ4n) is 1.18. The van der Waals surface area contributed by atoms with Crippen molar-refractivity contribution in [2.45, 2.75) is 26.2 Å². The standard InChI is InChI=1S/C7H17N2O2P/c1-5(2)6-4-12(10)9-3-7(8)11-6/h5-7,12H,3-4,8H2,1-2H3,(H,9,10). The van der Waals surface area contributed by atoms with Crippen LogP contribution < -0.4 is 10.8 Å². The van der Waals surface area contributed by atoms with Crippen LogP contribution in [0.15, 0.2) is 0 Å². The van der Waals surface area contributed by atoms with E-state index in [0.717, 1.165) is 0 Å². The van der Waals surface area contributed by atoms with E-state index in [0.29, 0.717) is 18.6 Å². The maximum Gasteiger partial charge on any atom is 0.138 e. The van der Waals surface area contributed by atoms with Crippen molar-refractivity contribution in [2.24, 2.45) is 11.7 Å². The molecular weight excluding hydrogens is 175 g/mol. The van der Waals surface area contributed by atoms with Crippen LogP contribution >= 0.6 is 7.95 Å². The van der Waals surface area contributed by atoms with Crippen LogP contribution in [-0.2, 0) is 9.30 Å². The van der Waals surface area contributed by atoms with Gasteiger partial charge >= 0.3 is 0 Å². The molecule has 5 heteroatoms. The molecule has 3 N–H and O–H groups in total. The lowest BCUT2D eigenvalue weighted by molar-refractivity contribution is -0.0125. The first-order valence-electron chi connectivity index (χ1n) is 4.27. The molecule has 0 amide bonds. The number of nitrogens with one attached hydrogen (secondary N) is 1. The van der Waals surface area contributed by atoms with Gasteiger partial charge in [0, 0.05) is 12.7 Å². The lowest BCUT2D eigenvalue weighted by Crippen LogP contribution is -2.35. The zero-order valence-corrected chi connectivity index (χ0v) is 8.54. The molecule has 0 radical (unpaired) electrons. The number of rotatable bonds is 1. The monoisotopic (exact) mass is 192 g/mol. The van der Waals surface area contributed by atoms with Gasteiger partial charge in [-0.3, -0.25) is 5.09 Å². The van der Waals surface area contributed by atoms with Crippen LogP contribution in [0.25, 0.3) is 0 Å². The maximum absolute atomic E-state index is 11.3. The Bertz CT molecular complexity index is 175. The van der Waals surface area contributed by atoms with Crippen molar-refractivity contribution in [2.75, 3.05) is 12.7 Å². The molecule has 0 saturated carbocycles. The normalized spacial score (nSPS) is 38.2. The SMILES string of the molecule is CC(C)C1C[PH](=O)NCC(N)O1. The first-order chi connectivity index (χ1) is 5.59. The Kier molecular flexibility index (Phi) is 3.72. The molecule has 0 aromatic heterocycles. The summed E-state index contributed by atoms with van der Waals surface area (Å²) in [5.41, 5.74) is 5.62. The molecule has 72 valence electrons. The van der Waals surface area contributed by atoms with E-state index >= 15 is 0 Å². The van der Waals surface area contributed by atoms with Crippen LogP contribution in [0, 0.1) is 5.92 Å². The topological polar surface area (TPSA) is 64.4 Å². The van der Waals surface area contributed by atoms with Gasteiger partial charge in [0.15, 0.2) is 0 Å². The van der Waals surface area contributed by atoms with E-state index in [9.17, 15) is 4.57 Å². The average Bonchev–Trinajstić information content (AvgIpc) is 2.13. The summed E-state index contributed by atoms with van der Waals surface area (Å²) in [5, 5.41) is 2.88. The van der Waals surface area contributed by atoms with Gasteiger partial charge in [0.25, 0.3) is 0 Å². The van der Waals surface area contributed by atoms with Gasteiger partial charge < -0.3 is 15.0 Å². The third kappa shape index (κ3) is 2.87. The molecule has 4 nitrogen and oxygen atoms in total. The van der Waals surface area contributed by atoms with Gasteiger partial charge in [-0.05, 0) is 5.92 Å². The minimum absolute atomic E-state index is 0.0430. The van der Waals surface area contributed by atoms with E-state index in [2.05, 4.69) is 18.9 Å². The van der Waals surface area contributed by atoms with Gasteiger partial charge in [-0.15, -0.1) is 0 Å². The summed E-state index contributed by atoms with van der Waals surface area (Å²) in [6.45, 7) is 4.61. The molecule has 0 aromatic rings. The van der Waals surface area contributed by atoms with Crippen molar-refractivity contribution in [3.63, 3.8) is 0 Å². The van der Waals surface area contributed by atoms with Crippen LogP contribution in [0.1, 0.15) is 13.8 Å². The molecule has 1 aliphatic rings. The lowest BCUT2D eigenvalue weighted by Gasteiger charge is -2.20. The summed E-state index contributed by atoms with van der Waals surface area (Å²) in [5.74, 6) is 0.380. The van der Waals surface area contributed by atoms with Crippen LogP contribution in [0.4, 0.5) is 0 Å². The predicted octanol–water partition coefficient (Wildman–Crippen LogP) is 0.390. The Labute approximate surface area is 73.7 Å². The molecule has 0 bridgehead atoms. The van der Waals surface area contributed by atoms with Gasteiger partial charge in [-0.1, -0.05) is 13.8 Å². The molecule has 1 fully saturated rings. The van der Waals surface area contributed by atoms with Crippen molar-refractivity contribution < 1.29 is 9.30 Å². The second kappa shape index (κ2) is 4.38. The Morgan fingerprint density at radius 3 is 2.92 bits per heavy atom. The first-order valence-corrected chi connectivity index (χ1v) is 5.89. The zero-order chi connectivity index (χ0) is 9.14. The van der Waals surface area contributed by atoms with E-state index < -0.39 is 7.95 Å². The zero-order valence-electron chi connectivity index (χ0n) is 7.54. The number of ether oxygens (including phenoxy) is 1. The van der Waals surface area contributed by atoms with E-state index in [4.69, 9.17) is 10.5 Å². The summed E-state index contributed by atoms with van der Waals surface area (Å²) in [6.07, 6.45) is 0.339. The molecule has 0 spiro atoms. The highest BCUT2D eigenvalue weighted by Gasteiger charge is 2.23. The van der Waals surface area contributed by atoms with Gasteiger partial charge in [0.05, 0.1) is 6.10 Å². The summed E-state index contributed by atoms with van der Waals surface area (Å²) >= 11 is 0. The first kappa shape index (κ1) is 10.2. The molecule has 0 aliphatic carbocycles. The molecule has 1 rings (SSSR count). The molecule has 1 aliphatic heterocycles. The number of hydrogen-bond acceptors (Lipinski definition) is 3. The molecule has 3 unspecified atom stereocenters. The van der Waals surface area contributed by atoms with Crippen molar-refractivity contribution in [3.05, 3.63) is 0 Å². The molecule has 1 heterocycles. The minimum Gasteiger partial charge on any atom is -0.358 e. The van der Waals surface area contributed by atoms with Crippen LogP contribution in [0.2, 0.25) is 0 Å². The lowest BCUT2D eigenvalue weighted by atomic mass is 10.1. The van der Waals surface area contributed by atoms with Crippen molar-refractivity contribution in [3.8, 4) is 0 Å². The summed E-state index contributed by atoms with van der Waals surface area (Å²) in [4.78, 5) is 0. The van der Waals surface area contributed by atoms with E-state index in [1.54, 1.807) is 0 Å². The highest BCUT2D eigenvalue weighted by Crippen LogP contribution is 2.24. The highest BCUT2D eigenvalue weighted by molar-refractivity contribution is 7.42. The molecule has 0 aromatic carbocycles. The third-order valence-electron chi connectivity index (χ3n) is 1.98. The molecule has 1 saturated heterocycles. The van der Waals surface area contributed by atoms with Crippen molar-refractivity contribution in [1.82, 2.24) is 5.09 Å². The second-order valence-corrected chi connectivity index (χ2v) is 5.07. The van der Waals surface area contributed by atoms with E-state index in [1.165, 1.54) is 0 Å². The van der Waals surface area contributed by atoms with E-state index in [1.807, 2.05) is 0 Å². The molecular formula is C7H17N2O2P. The average molecular weight is 192 g/mol. The largest absolute Gasteiger partial charge is 0.358 e. The van der Waals surface area contributed by atoms with E-state index in [-0.39, 0.29) is 12.3 Å². The van der Waals surface area contributed by atoms with Crippen molar-refractivity contribution >= 4 is 7.95 Å². The maximum atomic E-state index is 11.3. The van der Waals surface area contributed by atoms with Crippen LogP contribution in [0.5, 0.6) is 0 Å². The Morgan fingerprint density at radius 2 is 2.33 bits per heavy atom. The van der Waals surface area contributed by atoms with Crippen LogP contribution in [0.3, 0.4) is 0 Å². The minimum atomic E-state index is -1.66. The molecule has 3 atom stereocenters. The van der Waals surface area contributed by atoms with Gasteiger partial charge in [0.1, 0.15) is 14.2 Å². The van der Waals surface area contributed by atoms with Gasteiger partial charge in [-0.25, -0.2) is 0 Å². The number of hydrogen-bond donors (Lipinski definition) is 2. The van der Waals surface area contributed by atoms with Gasteiger partial charge in [-0.2, -0.15) is 0 Å². The Morgan fingerprint density at radius 1 is 1.67 bits per heavy atom. The molecule has 12 heavy (non-hydrogen) atoms. The second-order valence-electron chi connectivity index (χ2n) is 3.47. The number of nitrogens with two attached hydrogens (primary N) is 1. The summed E-state index contributed by atoms with van der Waals surface area (Å²) in [6, 6.07) is 0. The fourth-order valence-corrected chi connectivity index (χ4v) is 2.69. The fraction of sp³-hybridized carbons (Fsp3) is 1.00. The smallest absolute Gasteiger partial charge is 0.138 e. The van der Waals surface area contributed by atoms with Gasteiger partial charge in [0.2, 0.25) is 0 Å². The highest BCUT2D eigenvalue weighted by atomic mass is 31.1. The van der Waals surface area contributed by atoms with Crippen molar-refractivity contribution in [1.29, 1.82) is 0 Å². The third-order valence-corrected chi connectivity index (χ3v) is 3.35. The quantitative estimate of drug-likeness (QED) is 0.590. The Hall–Kier alpha value is 0.110.